The number of oxime groups is 1. The molecule has 0 unspecified atom stereocenters. The van der Waals surface area contributed by atoms with Gasteiger partial charge >= 0.3 is 0 Å². The molecule has 0 aliphatic carbocycles. The minimum atomic E-state index is -0.215. The number of thioether (sulfide) groups is 1. The second-order valence-electron chi connectivity index (χ2n) is 6.37. The summed E-state index contributed by atoms with van der Waals surface area (Å²) in [4.78, 5) is 0. The average Bonchev–Trinajstić information content (AvgIpc) is 2.40. The average molecular weight is 308 g/mol. The lowest BCUT2D eigenvalue weighted by atomic mass is 9.86. The summed E-state index contributed by atoms with van der Waals surface area (Å²) in [6.45, 7) is 8.34. The molecule has 0 aromatic heterocycles. The Morgan fingerprint density at radius 2 is 1.81 bits per heavy atom. The monoisotopic (exact) mass is 308 g/mol. The highest BCUT2D eigenvalue weighted by molar-refractivity contribution is 7.98. The fraction of sp³-hybridized carbons (Fsp3) is 0.588. The van der Waals surface area contributed by atoms with Gasteiger partial charge < -0.3 is 10.9 Å². The van der Waals surface area contributed by atoms with Gasteiger partial charge in [0.2, 0.25) is 0 Å². The molecule has 0 atom stereocenters. The van der Waals surface area contributed by atoms with Crippen molar-refractivity contribution < 1.29 is 5.21 Å². The van der Waals surface area contributed by atoms with Gasteiger partial charge in [0, 0.05) is 11.2 Å². The number of rotatable bonds is 8. The molecule has 1 aromatic rings. The van der Waals surface area contributed by atoms with E-state index in [1.165, 1.54) is 16.7 Å². The van der Waals surface area contributed by atoms with Crippen LogP contribution in [0.25, 0.3) is 0 Å². The number of aryl methyl sites for hydroxylation is 2. The highest BCUT2D eigenvalue weighted by atomic mass is 32.2. The second kappa shape index (κ2) is 8.32. The fourth-order valence-corrected chi connectivity index (χ4v) is 3.33. The van der Waals surface area contributed by atoms with Crippen LogP contribution in [0.1, 0.15) is 49.8 Å². The number of nitrogens with zero attached hydrogens (tertiary/aromatic N) is 1. The molecule has 3 nitrogen and oxygen atoms in total. The summed E-state index contributed by atoms with van der Waals surface area (Å²) in [5, 5.41) is 11.9. The Hall–Kier alpha value is -1.16. The van der Waals surface area contributed by atoms with Crippen molar-refractivity contribution in [1.29, 1.82) is 0 Å². The Bertz CT molecular complexity index is 463. The van der Waals surface area contributed by atoms with Crippen molar-refractivity contribution in [3.63, 3.8) is 0 Å². The van der Waals surface area contributed by atoms with Gasteiger partial charge in [-0.25, -0.2) is 0 Å². The first-order valence-electron chi connectivity index (χ1n) is 7.48. The molecule has 0 radical (unpaired) electrons. The highest BCUT2D eigenvalue weighted by Gasteiger charge is 2.22. The number of hydrogen-bond donors (Lipinski definition) is 2. The maximum atomic E-state index is 8.74. The molecule has 1 aromatic carbocycles. The van der Waals surface area contributed by atoms with Gasteiger partial charge in [-0.15, -0.1) is 0 Å². The summed E-state index contributed by atoms with van der Waals surface area (Å²) >= 11 is 1.98. The van der Waals surface area contributed by atoms with E-state index >= 15 is 0 Å². The van der Waals surface area contributed by atoms with Crippen LogP contribution < -0.4 is 5.73 Å². The zero-order valence-corrected chi connectivity index (χ0v) is 14.5. The van der Waals surface area contributed by atoms with Gasteiger partial charge in [-0.1, -0.05) is 54.8 Å². The zero-order valence-electron chi connectivity index (χ0n) is 13.6. The van der Waals surface area contributed by atoms with Crippen molar-refractivity contribution in [2.24, 2.45) is 16.3 Å². The third-order valence-electron chi connectivity index (χ3n) is 3.69. The molecule has 0 bridgehead atoms. The van der Waals surface area contributed by atoms with Crippen LogP contribution in [-0.4, -0.2) is 16.8 Å². The quantitative estimate of drug-likeness (QED) is 0.245. The topological polar surface area (TPSA) is 58.6 Å². The standard InChI is InChI=1S/C17H28N2OS/c1-13-9-14(2)11-15(10-13)12-21-8-6-5-7-17(3,4)16(18)19-20/h9-11,20H,5-8,12H2,1-4H3,(H2,18,19). The molecule has 3 N–H and O–H groups in total. The van der Waals surface area contributed by atoms with Gasteiger partial charge in [-0.05, 0) is 38.0 Å². The van der Waals surface area contributed by atoms with E-state index in [4.69, 9.17) is 10.9 Å². The molecule has 0 saturated heterocycles. The van der Waals surface area contributed by atoms with Crippen molar-refractivity contribution in [3.05, 3.63) is 34.9 Å². The minimum absolute atomic E-state index is 0.215. The first kappa shape index (κ1) is 17.9. The van der Waals surface area contributed by atoms with Gasteiger partial charge in [-0.3, -0.25) is 0 Å². The van der Waals surface area contributed by atoms with E-state index < -0.39 is 0 Å². The molecule has 0 heterocycles. The molecule has 0 fully saturated rings. The molecular weight excluding hydrogens is 280 g/mol. The molecule has 118 valence electrons. The molecule has 0 aliphatic rings. The summed E-state index contributed by atoms with van der Waals surface area (Å²) in [6, 6.07) is 6.74. The highest BCUT2D eigenvalue weighted by Crippen LogP contribution is 2.24. The Morgan fingerprint density at radius 1 is 1.19 bits per heavy atom. The molecule has 0 saturated carbocycles. The summed E-state index contributed by atoms with van der Waals surface area (Å²) in [5.41, 5.74) is 9.57. The van der Waals surface area contributed by atoms with Gasteiger partial charge in [0.25, 0.3) is 0 Å². The predicted molar refractivity (Wildman–Crippen MR) is 93.1 cm³/mol. The van der Waals surface area contributed by atoms with Crippen LogP contribution in [0.5, 0.6) is 0 Å². The molecule has 21 heavy (non-hydrogen) atoms. The third kappa shape index (κ3) is 6.42. The zero-order chi connectivity index (χ0) is 15.9. The SMILES string of the molecule is Cc1cc(C)cc(CSCCCCC(C)(C)/C(N)=N/O)c1. The lowest BCUT2D eigenvalue weighted by molar-refractivity contribution is 0.304. The van der Waals surface area contributed by atoms with E-state index in [0.29, 0.717) is 5.84 Å². The smallest absolute Gasteiger partial charge is 0.144 e. The maximum absolute atomic E-state index is 8.74. The lowest BCUT2D eigenvalue weighted by Crippen LogP contribution is -2.31. The first-order valence-corrected chi connectivity index (χ1v) is 8.63. The normalized spacial score (nSPS) is 12.7. The van der Waals surface area contributed by atoms with Crippen LogP contribution in [-0.2, 0) is 5.75 Å². The van der Waals surface area contributed by atoms with E-state index in [0.717, 1.165) is 30.8 Å². The van der Waals surface area contributed by atoms with E-state index in [9.17, 15) is 0 Å². The van der Waals surface area contributed by atoms with Crippen LogP contribution in [0.2, 0.25) is 0 Å². The van der Waals surface area contributed by atoms with Crippen molar-refractivity contribution in [2.75, 3.05) is 5.75 Å². The Kier molecular flexibility index (Phi) is 7.09. The Balaban J connectivity index is 2.23. The van der Waals surface area contributed by atoms with Crippen molar-refractivity contribution in [2.45, 2.75) is 52.7 Å². The van der Waals surface area contributed by atoms with Crippen LogP contribution >= 0.6 is 11.8 Å². The predicted octanol–water partition coefficient (Wildman–Crippen LogP) is 4.48. The fourth-order valence-electron chi connectivity index (χ4n) is 2.38. The molecule has 0 spiro atoms. The third-order valence-corrected chi connectivity index (χ3v) is 4.81. The molecule has 0 amide bonds. The van der Waals surface area contributed by atoms with Gasteiger partial charge in [-0.2, -0.15) is 11.8 Å². The van der Waals surface area contributed by atoms with Crippen LogP contribution in [0.15, 0.2) is 23.4 Å². The number of benzene rings is 1. The van der Waals surface area contributed by atoms with Crippen molar-refractivity contribution in [3.8, 4) is 0 Å². The molecule has 4 heteroatoms. The second-order valence-corrected chi connectivity index (χ2v) is 7.48. The Labute approximate surface area is 133 Å². The summed E-state index contributed by atoms with van der Waals surface area (Å²) in [7, 11) is 0. The van der Waals surface area contributed by atoms with E-state index in [-0.39, 0.29) is 5.41 Å². The summed E-state index contributed by atoms with van der Waals surface area (Å²) in [5.74, 6) is 2.55. The van der Waals surface area contributed by atoms with Crippen LogP contribution in [0.4, 0.5) is 0 Å². The Morgan fingerprint density at radius 3 is 2.38 bits per heavy atom. The van der Waals surface area contributed by atoms with E-state index in [2.05, 4.69) is 37.2 Å². The van der Waals surface area contributed by atoms with Gasteiger partial charge in [0.15, 0.2) is 0 Å². The van der Waals surface area contributed by atoms with Gasteiger partial charge in [0.05, 0.1) is 0 Å². The van der Waals surface area contributed by atoms with Gasteiger partial charge in [0.1, 0.15) is 5.84 Å². The lowest BCUT2D eigenvalue weighted by Gasteiger charge is -2.22. The summed E-state index contributed by atoms with van der Waals surface area (Å²) < 4.78 is 0. The maximum Gasteiger partial charge on any atom is 0.144 e. The number of amidine groups is 1. The van der Waals surface area contributed by atoms with E-state index in [1.807, 2.05) is 25.6 Å². The summed E-state index contributed by atoms with van der Waals surface area (Å²) in [6.07, 6.45) is 3.22. The van der Waals surface area contributed by atoms with Crippen LogP contribution in [0.3, 0.4) is 0 Å². The first-order chi connectivity index (χ1) is 9.85. The largest absolute Gasteiger partial charge is 0.409 e. The number of unbranched alkanes of at least 4 members (excludes halogenated alkanes) is 1. The van der Waals surface area contributed by atoms with Crippen molar-refractivity contribution >= 4 is 17.6 Å². The molecular formula is C17H28N2OS. The minimum Gasteiger partial charge on any atom is -0.409 e. The number of hydrogen-bond acceptors (Lipinski definition) is 3. The molecule has 0 aliphatic heterocycles. The van der Waals surface area contributed by atoms with E-state index in [1.54, 1.807) is 0 Å². The van der Waals surface area contributed by atoms with Crippen LogP contribution in [0, 0.1) is 19.3 Å². The molecule has 1 rings (SSSR count). The van der Waals surface area contributed by atoms with Crippen molar-refractivity contribution in [1.82, 2.24) is 0 Å². The number of nitrogens with two attached hydrogens (primary N) is 1.